The second-order valence-corrected chi connectivity index (χ2v) is 19.0. The quantitative estimate of drug-likeness (QED) is 0.260. The summed E-state index contributed by atoms with van der Waals surface area (Å²) in [6.45, 7) is 26.2. The van der Waals surface area contributed by atoms with Gasteiger partial charge in [0.05, 0.1) is 0 Å². The zero-order valence-electron chi connectivity index (χ0n) is 24.6. The van der Waals surface area contributed by atoms with Crippen LogP contribution in [0.2, 0.25) is 0 Å². The highest BCUT2D eigenvalue weighted by Gasteiger charge is 2.25. The molecular formula is C34H48P2. The highest BCUT2D eigenvalue weighted by molar-refractivity contribution is 7.67. The standard InChI is InChI=1S/C34H48P2/c1-23(2)35(24(3)4)32-18-14-12-16-30(32)27-20-28(22-29(21-27)34(9,10)11)31-17-13-15-19-33(31)36(25(5)6)26(7)8/h12-26H,1-11H3. The van der Waals surface area contributed by atoms with Crippen LogP contribution in [0.5, 0.6) is 0 Å². The Hall–Kier alpha value is -1.48. The fourth-order valence-corrected chi connectivity index (χ4v) is 11.7. The van der Waals surface area contributed by atoms with Crippen molar-refractivity contribution >= 4 is 26.5 Å². The Morgan fingerprint density at radius 1 is 0.500 bits per heavy atom. The maximum absolute atomic E-state index is 2.48. The highest BCUT2D eigenvalue weighted by Crippen LogP contribution is 2.49. The van der Waals surface area contributed by atoms with Crippen LogP contribution < -0.4 is 10.6 Å². The number of rotatable bonds is 8. The lowest BCUT2D eigenvalue weighted by Crippen LogP contribution is -2.18. The fraction of sp³-hybridized carbons (Fsp3) is 0.471. The normalized spacial score (nSPS) is 12.7. The first-order chi connectivity index (χ1) is 16.8. The molecule has 2 heteroatoms. The molecule has 3 aromatic rings. The fourth-order valence-electron chi connectivity index (χ4n) is 5.56. The van der Waals surface area contributed by atoms with E-state index in [0.717, 1.165) is 0 Å². The summed E-state index contributed by atoms with van der Waals surface area (Å²) in [5.41, 5.74) is 9.72. The molecule has 0 aliphatic rings. The predicted octanol–water partition coefficient (Wildman–Crippen LogP) is 10.2. The summed E-state index contributed by atoms with van der Waals surface area (Å²) in [6.07, 6.45) is 0. The van der Waals surface area contributed by atoms with E-state index in [2.05, 4.69) is 143 Å². The minimum absolute atomic E-state index is 0.0797. The molecule has 0 aromatic heterocycles. The Morgan fingerprint density at radius 3 is 1.14 bits per heavy atom. The van der Waals surface area contributed by atoms with Gasteiger partial charge in [-0.25, -0.2) is 0 Å². The predicted molar refractivity (Wildman–Crippen MR) is 170 cm³/mol. The van der Waals surface area contributed by atoms with Crippen LogP contribution in [0.25, 0.3) is 22.3 Å². The van der Waals surface area contributed by atoms with Gasteiger partial charge in [0, 0.05) is 0 Å². The first kappa shape index (κ1) is 29.1. The lowest BCUT2D eigenvalue weighted by molar-refractivity contribution is 0.591. The summed E-state index contributed by atoms with van der Waals surface area (Å²) in [4.78, 5) is 0. The van der Waals surface area contributed by atoms with E-state index in [1.807, 2.05) is 0 Å². The second-order valence-electron chi connectivity index (χ2n) is 12.3. The molecule has 0 fully saturated rings. The Labute approximate surface area is 224 Å². The van der Waals surface area contributed by atoms with E-state index in [-0.39, 0.29) is 21.3 Å². The van der Waals surface area contributed by atoms with Gasteiger partial charge in [0.15, 0.2) is 0 Å². The molecule has 0 aliphatic carbocycles. The molecule has 194 valence electrons. The summed E-state index contributed by atoms with van der Waals surface area (Å²) in [6, 6.07) is 25.9. The number of hydrogen-bond acceptors (Lipinski definition) is 0. The summed E-state index contributed by atoms with van der Waals surface area (Å²) < 4.78 is 0. The van der Waals surface area contributed by atoms with Crippen LogP contribution in [0.4, 0.5) is 0 Å². The SMILES string of the molecule is CC(C)P(c1ccccc1-c1cc(-c2ccccc2P(C(C)C)C(C)C)cc(C(C)(C)C)c1)C(C)C. The summed E-state index contributed by atoms with van der Waals surface area (Å²) in [7, 11) is -0.501. The molecule has 0 N–H and O–H groups in total. The zero-order valence-corrected chi connectivity index (χ0v) is 26.3. The monoisotopic (exact) mass is 518 g/mol. The molecule has 0 unspecified atom stereocenters. The van der Waals surface area contributed by atoms with Gasteiger partial charge in [0.1, 0.15) is 0 Å². The molecule has 0 saturated carbocycles. The van der Waals surface area contributed by atoms with E-state index >= 15 is 0 Å². The van der Waals surface area contributed by atoms with Crippen molar-refractivity contribution in [2.24, 2.45) is 0 Å². The minimum atomic E-state index is -0.250. The third-order valence-electron chi connectivity index (χ3n) is 7.01. The molecule has 0 bridgehead atoms. The molecule has 3 aromatic carbocycles. The van der Waals surface area contributed by atoms with Gasteiger partial charge in [-0.1, -0.05) is 153 Å². The molecule has 36 heavy (non-hydrogen) atoms. The third kappa shape index (κ3) is 6.50. The van der Waals surface area contributed by atoms with Crippen LogP contribution in [0, 0.1) is 0 Å². The van der Waals surface area contributed by atoms with Gasteiger partial charge in [-0.05, 0) is 72.5 Å². The molecule has 0 spiro atoms. The minimum Gasteiger partial charge on any atom is -0.0694 e. The van der Waals surface area contributed by atoms with Gasteiger partial charge in [-0.15, -0.1) is 0 Å². The summed E-state index contributed by atoms with van der Waals surface area (Å²) in [5.74, 6) is 0. The summed E-state index contributed by atoms with van der Waals surface area (Å²) >= 11 is 0. The van der Waals surface area contributed by atoms with Crippen LogP contribution >= 0.6 is 15.8 Å². The largest absolute Gasteiger partial charge is 0.0694 e. The molecule has 0 amide bonds. The van der Waals surface area contributed by atoms with Gasteiger partial charge in [0.2, 0.25) is 0 Å². The highest BCUT2D eigenvalue weighted by atomic mass is 31.1. The van der Waals surface area contributed by atoms with Crippen molar-refractivity contribution in [1.82, 2.24) is 0 Å². The Balaban J connectivity index is 2.32. The van der Waals surface area contributed by atoms with Crippen molar-refractivity contribution < 1.29 is 0 Å². The lowest BCUT2D eigenvalue weighted by atomic mass is 9.83. The summed E-state index contributed by atoms with van der Waals surface area (Å²) in [5, 5.41) is 3.10. The molecule has 0 aliphatic heterocycles. The van der Waals surface area contributed by atoms with Gasteiger partial charge in [0.25, 0.3) is 0 Å². The van der Waals surface area contributed by atoms with E-state index in [0.29, 0.717) is 22.6 Å². The smallest absolute Gasteiger partial charge is 0.0106 e. The van der Waals surface area contributed by atoms with Gasteiger partial charge < -0.3 is 0 Å². The molecule has 0 atom stereocenters. The van der Waals surface area contributed by atoms with E-state index in [1.165, 1.54) is 27.8 Å². The Kier molecular flexibility index (Phi) is 9.63. The van der Waals surface area contributed by atoms with Crippen molar-refractivity contribution in [2.45, 2.75) is 104 Å². The van der Waals surface area contributed by atoms with Crippen LogP contribution in [0.1, 0.15) is 81.7 Å². The van der Waals surface area contributed by atoms with E-state index < -0.39 is 0 Å². The van der Waals surface area contributed by atoms with E-state index in [4.69, 9.17) is 0 Å². The van der Waals surface area contributed by atoms with Crippen LogP contribution in [-0.2, 0) is 5.41 Å². The first-order valence-corrected chi connectivity index (χ1v) is 16.7. The topological polar surface area (TPSA) is 0 Å². The van der Waals surface area contributed by atoms with Gasteiger partial charge in [-0.3, -0.25) is 0 Å². The first-order valence-electron chi connectivity index (χ1n) is 13.7. The molecule has 0 saturated heterocycles. The van der Waals surface area contributed by atoms with Crippen LogP contribution in [0.15, 0.2) is 66.7 Å². The molecule has 0 nitrogen and oxygen atoms in total. The molecular weight excluding hydrogens is 470 g/mol. The molecule has 3 rings (SSSR count). The third-order valence-corrected chi connectivity index (χ3v) is 13.4. The van der Waals surface area contributed by atoms with Gasteiger partial charge >= 0.3 is 0 Å². The number of hydrogen-bond donors (Lipinski definition) is 0. The van der Waals surface area contributed by atoms with Crippen molar-refractivity contribution in [1.29, 1.82) is 0 Å². The van der Waals surface area contributed by atoms with Crippen molar-refractivity contribution in [3.05, 3.63) is 72.3 Å². The molecule has 0 radical (unpaired) electrons. The average molecular weight is 519 g/mol. The maximum atomic E-state index is 2.48. The second kappa shape index (κ2) is 11.9. The molecule has 0 heterocycles. The van der Waals surface area contributed by atoms with E-state index in [9.17, 15) is 0 Å². The van der Waals surface area contributed by atoms with Crippen LogP contribution in [-0.4, -0.2) is 22.6 Å². The zero-order chi connectivity index (χ0) is 26.8. The lowest BCUT2D eigenvalue weighted by Gasteiger charge is -2.30. The Bertz CT molecular complexity index is 1050. The van der Waals surface area contributed by atoms with Crippen molar-refractivity contribution in [3.63, 3.8) is 0 Å². The van der Waals surface area contributed by atoms with Crippen molar-refractivity contribution in [3.8, 4) is 22.3 Å². The maximum Gasteiger partial charge on any atom is -0.0106 e. The van der Waals surface area contributed by atoms with Crippen molar-refractivity contribution in [2.75, 3.05) is 0 Å². The van der Waals surface area contributed by atoms with E-state index in [1.54, 1.807) is 10.6 Å². The number of benzene rings is 3. The van der Waals surface area contributed by atoms with Gasteiger partial charge in [-0.2, -0.15) is 0 Å². The average Bonchev–Trinajstić information content (AvgIpc) is 2.78. The van der Waals surface area contributed by atoms with Crippen LogP contribution in [0.3, 0.4) is 0 Å². The Morgan fingerprint density at radius 2 is 0.833 bits per heavy atom.